The smallest absolute Gasteiger partial charge is 0.169 e. The van der Waals surface area contributed by atoms with Crippen LogP contribution in [0.1, 0.15) is 0 Å². The molecular weight excluding hydrogens is 219 g/mol. The van der Waals surface area contributed by atoms with Crippen LogP contribution < -0.4 is 5.73 Å². The third kappa shape index (κ3) is 1.63. The molecule has 2 aromatic carbocycles. The first-order valence-electron chi connectivity index (χ1n) is 5.15. The molecule has 1 heterocycles. The highest BCUT2D eigenvalue weighted by atomic mass is 19.1. The molecule has 3 nitrogen and oxygen atoms in total. The van der Waals surface area contributed by atoms with Crippen LogP contribution in [0.5, 0.6) is 0 Å². The number of hydrogen-bond acceptors (Lipinski definition) is 3. The van der Waals surface area contributed by atoms with E-state index < -0.39 is 0 Å². The van der Waals surface area contributed by atoms with Crippen molar-refractivity contribution in [1.29, 1.82) is 0 Å². The number of aromatic nitrogens is 1. The molecule has 0 aliphatic heterocycles. The number of benzene rings is 2. The molecule has 0 unspecified atom stereocenters. The van der Waals surface area contributed by atoms with Crippen molar-refractivity contribution in [3.8, 4) is 11.3 Å². The lowest BCUT2D eigenvalue weighted by molar-refractivity contribution is 0.459. The van der Waals surface area contributed by atoms with Gasteiger partial charge >= 0.3 is 0 Å². The Bertz CT molecular complexity index is 673. The fourth-order valence-electron chi connectivity index (χ4n) is 1.77. The van der Waals surface area contributed by atoms with Crippen molar-refractivity contribution >= 4 is 16.7 Å². The molecule has 0 radical (unpaired) electrons. The minimum absolute atomic E-state index is 0.272. The van der Waals surface area contributed by atoms with Crippen LogP contribution in [0.25, 0.3) is 22.2 Å². The van der Waals surface area contributed by atoms with E-state index >= 15 is 0 Å². The van der Waals surface area contributed by atoms with Crippen LogP contribution >= 0.6 is 0 Å². The molecule has 1 aromatic heterocycles. The molecule has 3 rings (SSSR count). The SMILES string of the molecule is Nc1ccc2c(-c3ccc(F)cc3)noc2c1. The fourth-order valence-corrected chi connectivity index (χ4v) is 1.77. The summed E-state index contributed by atoms with van der Waals surface area (Å²) in [7, 11) is 0. The average Bonchev–Trinajstić information content (AvgIpc) is 2.73. The second-order valence-corrected chi connectivity index (χ2v) is 3.79. The normalized spacial score (nSPS) is 10.9. The monoisotopic (exact) mass is 228 g/mol. The minimum atomic E-state index is -0.272. The van der Waals surface area contributed by atoms with Crippen molar-refractivity contribution in [3.05, 3.63) is 48.3 Å². The zero-order valence-corrected chi connectivity index (χ0v) is 8.85. The number of halogens is 1. The highest BCUT2D eigenvalue weighted by molar-refractivity contribution is 5.92. The molecule has 0 bridgehead atoms. The Morgan fingerprint density at radius 1 is 1.06 bits per heavy atom. The van der Waals surface area contributed by atoms with Gasteiger partial charge in [0.2, 0.25) is 0 Å². The van der Waals surface area contributed by atoms with Crippen molar-refractivity contribution in [2.75, 3.05) is 5.73 Å². The van der Waals surface area contributed by atoms with Crippen LogP contribution in [0.3, 0.4) is 0 Å². The van der Waals surface area contributed by atoms with Crippen LogP contribution in [-0.2, 0) is 0 Å². The van der Waals surface area contributed by atoms with E-state index in [4.69, 9.17) is 10.3 Å². The third-order valence-electron chi connectivity index (χ3n) is 2.61. The van der Waals surface area contributed by atoms with Gasteiger partial charge in [0.1, 0.15) is 11.5 Å². The molecule has 0 aliphatic carbocycles. The van der Waals surface area contributed by atoms with Gasteiger partial charge in [0.15, 0.2) is 5.58 Å². The Balaban J connectivity index is 2.21. The van der Waals surface area contributed by atoms with Gasteiger partial charge in [0.25, 0.3) is 0 Å². The zero-order chi connectivity index (χ0) is 11.8. The van der Waals surface area contributed by atoms with Crippen LogP contribution in [0.15, 0.2) is 47.0 Å². The summed E-state index contributed by atoms with van der Waals surface area (Å²) in [4.78, 5) is 0. The van der Waals surface area contributed by atoms with Crippen LogP contribution in [-0.4, -0.2) is 5.16 Å². The predicted molar refractivity (Wildman–Crippen MR) is 63.8 cm³/mol. The Hall–Kier alpha value is -2.36. The molecule has 2 N–H and O–H groups in total. The first-order chi connectivity index (χ1) is 8.24. The van der Waals surface area contributed by atoms with Gasteiger partial charge in [-0.1, -0.05) is 5.16 Å². The highest BCUT2D eigenvalue weighted by Crippen LogP contribution is 2.28. The quantitative estimate of drug-likeness (QED) is 0.650. The Morgan fingerprint density at radius 3 is 2.59 bits per heavy atom. The van der Waals surface area contributed by atoms with Crippen LogP contribution in [0.2, 0.25) is 0 Å². The summed E-state index contributed by atoms with van der Waals surface area (Å²) in [5.74, 6) is -0.272. The maximum absolute atomic E-state index is 12.8. The molecule has 0 aliphatic rings. The molecular formula is C13H9FN2O. The molecule has 0 atom stereocenters. The number of nitrogens with two attached hydrogens (primary N) is 1. The number of rotatable bonds is 1. The Morgan fingerprint density at radius 2 is 1.82 bits per heavy atom. The molecule has 4 heteroatoms. The van der Waals surface area contributed by atoms with Gasteiger partial charge in [-0.15, -0.1) is 0 Å². The van der Waals surface area contributed by atoms with E-state index in [2.05, 4.69) is 5.16 Å². The standard InChI is InChI=1S/C13H9FN2O/c14-9-3-1-8(2-4-9)13-11-6-5-10(15)7-12(11)17-16-13/h1-7H,15H2. The van der Waals surface area contributed by atoms with Crippen molar-refractivity contribution in [1.82, 2.24) is 5.16 Å². The summed E-state index contributed by atoms with van der Waals surface area (Å²) in [6.07, 6.45) is 0. The van der Waals surface area contributed by atoms with E-state index in [1.807, 2.05) is 6.07 Å². The summed E-state index contributed by atoms with van der Waals surface area (Å²) < 4.78 is 18.0. The lowest BCUT2D eigenvalue weighted by Gasteiger charge is -1.96. The van der Waals surface area contributed by atoms with Crippen molar-refractivity contribution in [3.63, 3.8) is 0 Å². The topological polar surface area (TPSA) is 52.0 Å². The fraction of sp³-hybridized carbons (Fsp3) is 0. The van der Waals surface area contributed by atoms with Gasteiger partial charge in [-0.25, -0.2) is 4.39 Å². The number of fused-ring (bicyclic) bond motifs is 1. The molecule has 0 saturated heterocycles. The van der Waals surface area contributed by atoms with E-state index in [0.717, 1.165) is 10.9 Å². The number of hydrogen-bond donors (Lipinski definition) is 1. The third-order valence-corrected chi connectivity index (χ3v) is 2.61. The first-order valence-corrected chi connectivity index (χ1v) is 5.15. The summed E-state index contributed by atoms with van der Waals surface area (Å²) in [6, 6.07) is 11.5. The number of anilines is 1. The van der Waals surface area contributed by atoms with Gasteiger partial charge in [-0.3, -0.25) is 0 Å². The largest absolute Gasteiger partial charge is 0.399 e. The first kappa shape index (κ1) is 9.84. The maximum Gasteiger partial charge on any atom is 0.169 e. The summed E-state index contributed by atoms with van der Waals surface area (Å²) in [5.41, 5.74) is 8.42. The van der Waals surface area contributed by atoms with Gasteiger partial charge in [-0.2, -0.15) is 0 Å². The summed E-state index contributed by atoms with van der Waals surface area (Å²) in [5, 5.41) is 4.85. The second-order valence-electron chi connectivity index (χ2n) is 3.79. The molecule has 3 aromatic rings. The zero-order valence-electron chi connectivity index (χ0n) is 8.85. The van der Waals surface area contributed by atoms with Crippen molar-refractivity contribution in [2.24, 2.45) is 0 Å². The number of nitrogens with zero attached hydrogens (tertiary/aromatic N) is 1. The van der Waals surface area contributed by atoms with Crippen molar-refractivity contribution < 1.29 is 8.91 Å². The minimum Gasteiger partial charge on any atom is -0.399 e. The predicted octanol–water partition coefficient (Wildman–Crippen LogP) is 3.22. The van der Waals surface area contributed by atoms with Gasteiger partial charge in [-0.05, 0) is 36.4 Å². The Kier molecular flexibility index (Phi) is 2.08. The summed E-state index contributed by atoms with van der Waals surface area (Å²) in [6.45, 7) is 0. The van der Waals surface area contributed by atoms with E-state index in [-0.39, 0.29) is 5.82 Å². The maximum atomic E-state index is 12.8. The molecule has 84 valence electrons. The lowest BCUT2D eigenvalue weighted by Crippen LogP contribution is -1.83. The van der Waals surface area contributed by atoms with E-state index in [0.29, 0.717) is 17.0 Å². The van der Waals surface area contributed by atoms with E-state index in [1.165, 1.54) is 12.1 Å². The molecule has 0 amide bonds. The Labute approximate surface area is 96.6 Å². The molecule has 0 saturated carbocycles. The highest BCUT2D eigenvalue weighted by Gasteiger charge is 2.10. The average molecular weight is 228 g/mol. The molecule has 17 heavy (non-hydrogen) atoms. The number of nitrogen functional groups attached to an aromatic ring is 1. The van der Waals surface area contributed by atoms with E-state index in [1.54, 1.807) is 24.3 Å². The molecule has 0 fully saturated rings. The van der Waals surface area contributed by atoms with Gasteiger partial charge in [0.05, 0.1) is 0 Å². The van der Waals surface area contributed by atoms with Gasteiger partial charge in [0, 0.05) is 22.7 Å². The van der Waals surface area contributed by atoms with Crippen LogP contribution in [0.4, 0.5) is 10.1 Å². The lowest BCUT2D eigenvalue weighted by atomic mass is 10.1. The van der Waals surface area contributed by atoms with Crippen molar-refractivity contribution in [2.45, 2.75) is 0 Å². The summed E-state index contributed by atoms with van der Waals surface area (Å²) >= 11 is 0. The van der Waals surface area contributed by atoms with Crippen LogP contribution in [0, 0.1) is 5.82 Å². The van der Waals surface area contributed by atoms with Gasteiger partial charge < -0.3 is 10.3 Å². The molecule has 0 spiro atoms. The second kappa shape index (κ2) is 3.59. The van der Waals surface area contributed by atoms with E-state index in [9.17, 15) is 4.39 Å².